The molecule has 4 rings (SSSR count). The maximum absolute atomic E-state index is 12.6. The lowest BCUT2D eigenvalue weighted by molar-refractivity contribution is -0.117. The molecule has 1 aromatic rings. The molecule has 0 unspecified atom stereocenters. The average Bonchev–Trinajstić information content (AvgIpc) is 3.38. The van der Waals surface area contributed by atoms with Gasteiger partial charge in [-0.3, -0.25) is 9.59 Å². The molecular weight excluding hydrogens is 296 g/mol. The monoisotopic (exact) mass is 318 g/mol. The van der Waals surface area contributed by atoms with Gasteiger partial charge in [0.15, 0.2) is 0 Å². The largest absolute Gasteiger partial charge is 0.348 e. The van der Waals surface area contributed by atoms with Crippen molar-refractivity contribution in [3.63, 3.8) is 0 Å². The third-order valence-corrected chi connectivity index (χ3v) is 6.03. The van der Waals surface area contributed by atoms with Crippen LogP contribution in [0, 0.1) is 24.7 Å². The second-order valence-electron chi connectivity index (χ2n) is 7.06. The molecule has 3 aliphatic carbocycles. The fourth-order valence-electron chi connectivity index (χ4n) is 3.09. The highest BCUT2D eigenvalue weighted by atomic mass is 32.1. The molecule has 0 aromatic carbocycles. The summed E-state index contributed by atoms with van der Waals surface area (Å²) in [6, 6.07) is 2.29. The molecule has 0 atom stereocenters. The molecule has 1 aromatic heterocycles. The third kappa shape index (κ3) is 3.05. The van der Waals surface area contributed by atoms with Crippen molar-refractivity contribution in [2.24, 2.45) is 17.8 Å². The van der Waals surface area contributed by atoms with Gasteiger partial charge in [-0.15, -0.1) is 11.3 Å². The summed E-state index contributed by atoms with van der Waals surface area (Å²) in [7, 11) is 0. The van der Waals surface area contributed by atoms with Crippen molar-refractivity contribution in [2.45, 2.75) is 51.5 Å². The van der Waals surface area contributed by atoms with Gasteiger partial charge in [0.25, 0.3) is 5.91 Å². The number of hydrogen-bond acceptors (Lipinski definition) is 3. The lowest BCUT2D eigenvalue weighted by Crippen LogP contribution is -2.37. The van der Waals surface area contributed by atoms with Crippen molar-refractivity contribution >= 4 is 28.2 Å². The van der Waals surface area contributed by atoms with Crippen LogP contribution in [0.2, 0.25) is 0 Å². The topological polar surface area (TPSA) is 58.2 Å². The van der Waals surface area contributed by atoms with Crippen LogP contribution in [0.3, 0.4) is 0 Å². The maximum atomic E-state index is 12.6. The lowest BCUT2D eigenvalue weighted by atomic mass is 10.1. The van der Waals surface area contributed by atoms with Crippen LogP contribution in [0.4, 0.5) is 5.00 Å². The van der Waals surface area contributed by atoms with Crippen molar-refractivity contribution < 1.29 is 9.59 Å². The summed E-state index contributed by atoms with van der Waals surface area (Å²) in [6.07, 6.45) is 7.02. The summed E-state index contributed by atoms with van der Waals surface area (Å²) in [4.78, 5) is 25.2. The summed E-state index contributed by atoms with van der Waals surface area (Å²) < 4.78 is 0. The molecule has 3 fully saturated rings. The first-order valence-electron chi connectivity index (χ1n) is 8.34. The molecule has 4 nitrogen and oxygen atoms in total. The van der Waals surface area contributed by atoms with E-state index in [9.17, 15) is 9.59 Å². The van der Waals surface area contributed by atoms with Crippen LogP contribution in [-0.4, -0.2) is 17.9 Å². The number of rotatable bonds is 6. The molecule has 2 amide bonds. The molecule has 22 heavy (non-hydrogen) atoms. The fraction of sp³-hybridized carbons (Fsp3) is 0.647. The number of hydrogen-bond donors (Lipinski definition) is 2. The van der Waals surface area contributed by atoms with E-state index in [0.717, 1.165) is 28.3 Å². The van der Waals surface area contributed by atoms with Crippen LogP contribution in [0.5, 0.6) is 0 Å². The zero-order valence-electron chi connectivity index (χ0n) is 12.9. The molecule has 1 heterocycles. The molecule has 0 spiro atoms. The Hall–Kier alpha value is -1.36. The molecule has 118 valence electrons. The number of aryl methyl sites for hydroxylation is 1. The van der Waals surface area contributed by atoms with Gasteiger partial charge in [-0.05, 0) is 68.9 Å². The summed E-state index contributed by atoms with van der Waals surface area (Å²) in [5.41, 5.74) is 0.957. The first-order valence-corrected chi connectivity index (χ1v) is 9.15. The second-order valence-corrected chi connectivity index (χ2v) is 8.11. The van der Waals surface area contributed by atoms with E-state index in [2.05, 4.69) is 10.6 Å². The van der Waals surface area contributed by atoms with Crippen LogP contribution in [-0.2, 0) is 4.79 Å². The van der Waals surface area contributed by atoms with Crippen LogP contribution < -0.4 is 10.6 Å². The van der Waals surface area contributed by atoms with Crippen molar-refractivity contribution in [3.05, 3.63) is 16.5 Å². The standard InChI is InChI=1S/C17H22N2O2S/c1-9-8-13(18-16(20)12-6-7-12)22-15(9)17(21)19-14(10-2-3-10)11-4-5-11/h8,10-12,14H,2-7H2,1H3,(H,18,20)(H,19,21). The molecule has 0 radical (unpaired) electrons. The normalized spacial score (nSPS) is 21.0. The quantitative estimate of drug-likeness (QED) is 0.845. The summed E-state index contributed by atoms with van der Waals surface area (Å²) in [5.74, 6) is 1.73. The highest BCUT2D eigenvalue weighted by Crippen LogP contribution is 2.44. The Morgan fingerprint density at radius 1 is 1.14 bits per heavy atom. The summed E-state index contributed by atoms with van der Waals surface area (Å²) in [6.45, 7) is 1.95. The molecule has 0 bridgehead atoms. The van der Waals surface area contributed by atoms with E-state index < -0.39 is 0 Å². The Morgan fingerprint density at radius 3 is 2.32 bits per heavy atom. The van der Waals surface area contributed by atoms with E-state index in [1.54, 1.807) is 0 Å². The Morgan fingerprint density at radius 2 is 1.77 bits per heavy atom. The molecule has 0 aliphatic heterocycles. The molecule has 0 saturated heterocycles. The zero-order chi connectivity index (χ0) is 15.3. The van der Waals surface area contributed by atoms with Crippen molar-refractivity contribution in [1.82, 2.24) is 5.32 Å². The van der Waals surface area contributed by atoms with Crippen LogP contribution >= 0.6 is 11.3 Å². The zero-order valence-corrected chi connectivity index (χ0v) is 13.7. The molecule has 2 N–H and O–H groups in total. The van der Waals surface area contributed by atoms with E-state index in [-0.39, 0.29) is 17.7 Å². The number of carbonyl (C=O) groups excluding carboxylic acids is 2. The highest BCUT2D eigenvalue weighted by molar-refractivity contribution is 7.18. The average molecular weight is 318 g/mol. The van der Waals surface area contributed by atoms with Gasteiger partial charge >= 0.3 is 0 Å². The number of amides is 2. The predicted molar refractivity (Wildman–Crippen MR) is 87.1 cm³/mol. The minimum absolute atomic E-state index is 0.0400. The predicted octanol–water partition coefficient (Wildman–Crippen LogP) is 3.32. The van der Waals surface area contributed by atoms with Gasteiger partial charge in [0, 0.05) is 12.0 Å². The Labute approximate surface area is 134 Å². The molecule has 3 saturated carbocycles. The van der Waals surface area contributed by atoms with Gasteiger partial charge < -0.3 is 10.6 Å². The highest BCUT2D eigenvalue weighted by Gasteiger charge is 2.42. The Bertz CT molecular complexity index is 600. The molecular formula is C17H22N2O2S. The van der Waals surface area contributed by atoms with Crippen molar-refractivity contribution in [3.8, 4) is 0 Å². The van der Waals surface area contributed by atoms with E-state index in [0.29, 0.717) is 17.9 Å². The van der Waals surface area contributed by atoms with Crippen LogP contribution in [0.15, 0.2) is 6.07 Å². The lowest BCUT2D eigenvalue weighted by Gasteiger charge is -2.17. The van der Waals surface area contributed by atoms with E-state index in [1.807, 2.05) is 13.0 Å². The Balaban J connectivity index is 1.43. The number of nitrogens with one attached hydrogen (secondary N) is 2. The van der Waals surface area contributed by atoms with Gasteiger partial charge in [-0.2, -0.15) is 0 Å². The number of anilines is 1. The minimum atomic E-state index is 0.0400. The number of carbonyl (C=O) groups is 2. The van der Waals surface area contributed by atoms with Crippen LogP contribution in [0.25, 0.3) is 0 Å². The SMILES string of the molecule is Cc1cc(NC(=O)C2CC2)sc1C(=O)NC(C1CC1)C1CC1. The van der Waals surface area contributed by atoms with Gasteiger partial charge in [-0.25, -0.2) is 0 Å². The van der Waals surface area contributed by atoms with Gasteiger partial charge in [-0.1, -0.05) is 0 Å². The van der Waals surface area contributed by atoms with E-state index >= 15 is 0 Å². The van der Waals surface area contributed by atoms with E-state index in [4.69, 9.17) is 0 Å². The summed E-state index contributed by atoms with van der Waals surface area (Å²) >= 11 is 1.40. The van der Waals surface area contributed by atoms with Gasteiger partial charge in [0.1, 0.15) is 0 Å². The van der Waals surface area contributed by atoms with Gasteiger partial charge in [0.2, 0.25) is 5.91 Å². The van der Waals surface area contributed by atoms with E-state index in [1.165, 1.54) is 37.0 Å². The third-order valence-electron chi connectivity index (χ3n) is 4.88. The fourth-order valence-corrected chi connectivity index (χ4v) is 4.07. The first kappa shape index (κ1) is 14.2. The van der Waals surface area contributed by atoms with Crippen molar-refractivity contribution in [2.75, 3.05) is 5.32 Å². The molecule has 3 aliphatic rings. The maximum Gasteiger partial charge on any atom is 0.261 e. The first-order chi connectivity index (χ1) is 10.6. The second kappa shape index (κ2) is 5.37. The summed E-state index contributed by atoms with van der Waals surface area (Å²) in [5, 5.41) is 7.00. The van der Waals surface area contributed by atoms with Crippen molar-refractivity contribution in [1.29, 1.82) is 0 Å². The molecule has 5 heteroatoms. The van der Waals surface area contributed by atoms with Gasteiger partial charge in [0.05, 0.1) is 9.88 Å². The number of thiophene rings is 1. The Kier molecular flexibility index (Phi) is 3.48. The van der Waals surface area contributed by atoms with Crippen LogP contribution in [0.1, 0.15) is 53.8 Å². The minimum Gasteiger partial charge on any atom is -0.348 e. The smallest absolute Gasteiger partial charge is 0.261 e.